The van der Waals surface area contributed by atoms with Gasteiger partial charge in [0.05, 0.1) is 24.8 Å². The van der Waals surface area contributed by atoms with Gasteiger partial charge in [0.25, 0.3) is 10.0 Å². The molecule has 0 aliphatic heterocycles. The van der Waals surface area contributed by atoms with Gasteiger partial charge in [0.2, 0.25) is 5.91 Å². The Labute approximate surface area is 185 Å². The summed E-state index contributed by atoms with van der Waals surface area (Å²) in [5.41, 5.74) is 0.0211. The molecule has 2 N–H and O–H groups in total. The smallest absolute Gasteiger partial charge is 0.326 e. The fourth-order valence-electron chi connectivity index (χ4n) is 2.89. The van der Waals surface area contributed by atoms with Crippen LogP contribution in [0.1, 0.15) is 13.8 Å². The predicted octanol–water partition coefficient (Wildman–Crippen LogP) is 2.26. The average Bonchev–Trinajstić information content (AvgIpc) is 2.75. The van der Waals surface area contributed by atoms with Crippen molar-refractivity contribution in [2.24, 2.45) is 5.92 Å². The maximum atomic E-state index is 13.4. The number of carboxylic acid groups (broad SMARTS) is 1. The first kappa shape index (κ1) is 24.9. The van der Waals surface area contributed by atoms with Crippen molar-refractivity contribution in [1.29, 1.82) is 0 Å². The van der Waals surface area contributed by atoms with Crippen LogP contribution in [0.25, 0.3) is 0 Å². The molecule has 174 valence electrons. The monoisotopic (exact) mass is 468 g/mol. The Morgan fingerprint density at radius 1 is 1.06 bits per heavy atom. The van der Waals surface area contributed by atoms with Crippen LogP contribution in [0.4, 0.5) is 10.1 Å². The minimum Gasteiger partial charge on any atom is -0.493 e. The van der Waals surface area contributed by atoms with E-state index in [-0.39, 0.29) is 16.3 Å². The van der Waals surface area contributed by atoms with Crippen molar-refractivity contribution in [1.82, 2.24) is 5.32 Å². The van der Waals surface area contributed by atoms with E-state index in [0.717, 1.165) is 16.4 Å². The molecule has 2 rings (SSSR count). The fraction of sp³-hybridized carbons (Fsp3) is 0.333. The molecule has 0 radical (unpaired) electrons. The summed E-state index contributed by atoms with van der Waals surface area (Å²) in [5.74, 6) is -2.64. The van der Waals surface area contributed by atoms with E-state index in [1.807, 2.05) is 0 Å². The third-order valence-corrected chi connectivity index (χ3v) is 6.36. The molecule has 0 aliphatic rings. The van der Waals surface area contributed by atoms with E-state index >= 15 is 0 Å². The molecule has 1 atom stereocenters. The number of aliphatic carboxylic acids is 1. The van der Waals surface area contributed by atoms with Crippen molar-refractivity contribution in [3.63, 3.8) is 0 Å². The predicted molar refractivity (Wildman–Crippen MR) is 115 cm³/mol. The van der Waals surface area contributed by atoms with Gasteiger partial charge in [0.15, 0.2) is 11.5 Å². The van der Waals surface area contributed by atoms with Crippen LogP contribution in [0, 0.1) is 11.7 Å². The molecule has 0 heterocycles. The summed E-state index contributed by atoms with van der Waals surface area (Å²) in [6.45, 7) is 2.49. The van der Waals surface area contributed by atoms with Gasteiger partial charge in [-0.2, -0.15) is 0 Å². The second-order valence-electron chi connectivity index (χ2n) is 7.13. The number of amides is 1. The minimum absolute atomic E-state index is 0.0211. The SMILES string of the molecule is COc1ccc(S(=O)(=O)N(CC(=O)NC(C(=O)O)C(C)C)c2ccc(F)cc2)cc1OC. The third-order valence-electron chi connectivity index (χ3n) is 4.59. The zero-order chi connectivity index (χ0) is 24.1. The first-order chi connectivity index (χ1) is 15.0. The third kappa shape index (κ3) is 5.67. The Bertz CT molecular complexity index is 1070. The summed E-state index contributed by atoms with van der Waals surface area (Å²) in [5, 5.41) is 11.6. The zero-order valence-electron chi connectivity index (χ0n) is 18.0. The van der Waals surface area contributed by atoms with E-state index in [1.165, 1.54) is 44.6 Å². The summed E-state index contributed by atoms with van der Waals surface area (Å²) in [6, 6.07) is 7.22. The number of carbonyl (C=O) groups is 2. The summed E-state index contributed by atoms with van der Waals surface area (Å²) in [4.78, 5) is 23.8. The van der Waals surface area contributed by atoms with E-state index < -0.39 is 46.2 Å². The van der Waals surface area contributed by atoms with Gasteiger partial charge < -0.3 is 19.9 Å². The summed E-state index contributed by atoms with van der Waals surface area (Å²) in [7, 11) is -1.59. The Hall–Kier alpha value is -3.34. The standard InChI is InChI=1S/C21H25FN2O7S/c1-13(2)20(21(26)27)23-19(25)12-24(15-7-5-14(22)6-8-15)32(28,29)16-9-10-17(30-3)18(11-16)31-4/h5-11,13,20H,12H2,1-4H3,(H,23,25)(H,26,27). The molecule has 11 heteroatoms. The number of carbonyl (C=O) groups excluding carboxylic acids is 1. The zero-order valence-corrected chi connectivity index (χ0v) is 18.8. The van der Waals surface area contributed by atoms with E-state index in [9.17, 15) is 27.5 Å². The molecule has 32 heavy (non-hydrogen) atoms. The number of nitrogens with zero attached hydrogens (tertiary/aromatic N) is 1. The quantitative estimate of drug-likeness (QED) is 0.548. The maximum absolute atomic E-state index is 13.4. The second kappa shape index (κ2) is 10.3. The number of methoxy groups -OCH3 is 2. The van der Waals surface area contributed by atoms with Gasteiger partial charge in [-0.15, -0.1) is 0 Å². The van der Waals surface area contributed by atoms with Gasteiger partial charge in [-0.1, -0.05) is 13.8 Å². The van der Waals surface area contributed by atoms with Crippen LogP contribution >= 0.6 is 0 Å². The Morgan fingerprint density at radius 3 is 2.16 bits per heavy atom. The van der Waals surface area contributed by atoms with E-state index in [1.54, 1.807) is 13.8 Å². The highest BCUT2D eigenvalue weighted by Crippen LogP contribution is 2.32. The maximum Gasteiger partial charge on any atom is 0.326 e. The number of benzene rings is 2. The molecule has 0 fully saturated rings. The molecule has 0 bridgehead atoms. The van der Waals surface area contributed by atoms with Crippen molar-refractivity contribution in [2.45, 2.75) is 24.8 Å². The van der Waals surface area contributed by atoms with Gasteiger partial charge in [-0.05, 0) is 42.3 Å². The highest BCUT2D eigenvalue weighted by Gasteiger charge is 2.30. The topological polar surface area (TPSA) is 122 Å². The van der Waals surface area contributed by atoms with Crippen molar-refractivity contribution >= 4 is 27.6 Å². The van der Waals surface area contributed by atoms with Crippen molar-refractivity contribution in [2.75, 3.05) is 25.1 Å². The van der Waals surface area contributed by atoms with Gasteiger partial charge >= 0.3 is 5.97 Å². The van der Waals surface area contributed by atoms with E-state index in [4.69, 9.17) is 9.47 Å². The van der Waals surface area contributed by atoms with Crippen LogP contribution < -0.4 is 19.1 Å². The molecule has 1 unspecified atom stereocenters. The van der Waals surface area contributed by atoms with Crippen LogP contribution in [-0.2, 0) is 19.6 Å². The first-order valence-corrected chi connectivity index (χ1v) is 11.0. The van der Waals surface area contributed by atoms with Gasteiger partial charge in [0, 0.05) is 6.07 Å². The van der Waals surface area contributed by atoms with Crippen LogP contribution in [0.2, 0.25) is 0 Å². The molecule has 1 amide bonds. The van der Waals surface area contributed by atoms with Crippen LogP contribution in [0.3, 0.4) is 0 Å². The van der Waals surface area contributed by atoms with Gasteiger partial charge in [-0.25, -0.2) is 17.6 Å². The molecular formula is C21H25FN2O7S. The molecule has 0 spiro atoms. The molecule has 2 aromatic rings. The Kier molecular flexibility index (Phi) is 8.03. The summed E-state index contributed by atoms with van der Waals surface area (Å²) in [6.07, 6.45) is 0. The molecule has 9 nitrogen and oxygen atoms in total. The number of nitrogens with one attached hydrogen (secondary N) is 1. The molecule has 0 aliphatic carbocycles. The number of anilines is 1. The Balaban J connectivity index is 2.48. The lowest BCUT2D eigenvalue weighted by Crippen LogP contribution is -2.49. The fourth-order valence-corrected chi connectivity index (χ4v) is 4.33. The lowest BCUT2D eigenvalue weighted by atomic mass is 10.1. The Morgan fingerprint density at radius 2 is 1.66 bits per heavy atom. The van der Waals surface area contributed by atoms with Crippen molar-refractivity contribution in [3.05, 3.63) is 48.3 Å². The number of ether oxygens (including phenoxy) is 2. The van der Waals surface area contributed by atoms with E-state index in [2.05, 4.69) is 5.32 Å². The largest absolute Gasteiger partial charge is 0.493 e. The average molecular weight is 469 g/mol. The van der Waals surface area contributed by atoms with Gasteiger partial charge in [-0.3, -0.25) is 9.10 Å². The number of carboxylic acids is 1. The summed E-state index contributed by atoms with van der Waals surface area (Å²) >= 11 is 0. The van der Waals surface area contributed by atoms with Gasteiger partial charge in [0.1, 0.15) is 18.4 Å². The molecule has 0 saturated carbocycles. The highest BCUT2D eigenvalue weighted by molar-refractivity contribution is 7.92. The van der Waals surface area contributed by atoms with Crippen LogP contribution in [0.15, 0.2) is 47.4 Å². The molecule has 2 aromatic carbocycles. The lowest BCUT2D eigenvalue weighted by Gasteiger charge is -2.26. The normalized spacial score (nSPS) is 12.2. The molecular weight excluding hydrogens is 443 g/mol. The number of rotatable bonds is 10. The molecule has 0 aromatic heterocycles. The van der Waals surface area contributed by atoms with Crippen molar-refractivity contribution in [3.8, 4) is 11.5 Å². The first-order valence-electron chi connectivity index (χ1n) is 9.53. The summed E-state index contributed by atoms with van der Waals surface area (Å²) < 4.78 is 51.3. The minimum atomic E-state index is -4.33. The number of hydrogen-bond acceptors (Lipinski definition) is 6. The van der Waals surface area contributed by atoms with Crippen LogP contribution in [0.5, 0.6) is 11.5 Å². The molecule has 0 saturated heterocycles. The van der Waals surface area contributed by atoms with Crippen molar-refractivity contribution < 1.29 is 37.0 Å². The highest BCUT2D eigenvalue weighted by atomic mass is 32.2. The number of halogens is 1. The van der Waals surface area contributed by atoms with Crippen LogP contribution in [-0.4, -0.2) is 52.2 Å². The lowest BCUT2D eigenvalue weighted by molar-refractivity contribution is -0.142. The second-order valence-corrected chi connectivity index (χ2v) is 8.99. The number of sulfonamides is 1. The number of hydrogen-bond donors (Lipinski definition) is 2. The van der Waals surface area contributed by atoms with E-state index in [0.29, 0.717) is 5.75 Å².